The number of alkyl halides is 1. The van der Waals surface area contributed by atoms with Crippen LogP contribution in [-0.4, -0.2) is 6.29 Å². The van der Waals surface area contributed by atoms with Crippen molar-refractivity contribution in [1.82, 2.24) is 0 Å². The first-order valence-electron chi connectivity index (χ1n) is 4.49. The van der Waals surface area contributed by atoms with Crippen LogP contribution in [0.25, 0.3) is 10.8 Å². The van der Waals surface area contributed by atoms with Crippen LogP contribution in [0.4, 0.5) is 4.39 Å². The molecule has 2 rings (SSSR count). The van der Waals surface area contributed by atoms with Crippen molar-refractivity contribution in [1.29, 1.82) is 0 Å². The quantitative estimate of drug-likeness (QED) is 0.707. The third-order valence-electron chi connectivity index (χ3n) is 2.38. The smallest absolute Gasteiger partial charge is 0.150 e. The molecule has 2 aromatic carbocycles. The molecule has 0 unspecified atom stereocenters. The van der Waals surface area contributed by atoms with Crippen molar-refractivity contribution in [2.24, 2.45) is 0 Å². The Hall–Kier alpha value is -1.41. The maximum atomic E-state index is 12.5. The van der Waals surface area contributed by atoms with Crippen LogP contribution in [0, 0.1) is 0 Å². The number of fused-ring (bicyclic) bond motifs is 1. The summed E-state index contributed by atoms with van der Waals surface area (Å²) < 4.78 is 12.5. The van der Waals surface area contributed by atoms with Gasteiger partial charge in [0.1, 0.15) is 6.67 Å². The Labute approximate surface area is 91.5 Å². The van der Waals surface area contributed by atoms with E-state index >= 15 is 0 Å². The molecule has 0 radical (unpaired) electrons. The van der Waals surface area contributed by atoms with Crippen LogP contribution in [0.15, 0.2) is 30.3 Å². The van der Waals surface area contributed by atoms with Crippen LogP contribution in [0.1, 0.15) is 15.9 Å². The van der Waals surface area contributed by atoms with Crippen LogP contribution >= 0.6 is 11.6 Å². The molecule has 0 aliphatic heterocycles. The summed E-state index contributed by atoms with van der Waals surface area (Å²) in [6, 6.07) is 8.56. The molecule has 0 N–H and O–H groups in total. The molecule has 0 spiro atoms. The second kappa shape index (κ2) is 3.99. The largest absolute Gasteiger partial charge is 0.298 e. The molecular weight excluding hydrogens is 215 g/mol. The van der Waals surface area contributed by atoms with Crippen molar-refractivity contribution in [3.05, 3.63) is 46.5 Å². The van der Waals surface area contributed by atoms with E-state index in [-0.39, 0.29) is 0 Å². The Kier molecular flexibility index (Phi) is 2.69. The van der Waals surface area contributed by atoms with Gasteiger partial charge in [-0.15, -0.1) is 0 Å². The van der Waals surface area contributed by atoms with Gasteiger partial charge in [0.2, 0.25) is 0 Å². The summed E-state index contributed by atoms with van der Waals surface area (Å²) in [6.07, 6.45) is 0.772. The number of carbonyl (C=O) groups is 1. The molecule has 0 heterocycles. The zero-order valence-corrected chi connectivity index (χ0v) is 8.59. The van der Waals surface area contributed by atoms with E-state index in [0.29, 0.717) is 16.1 Å². The van der Waals surface area contributed by atoms with Gasteiger partial charge in [0.05, 0.1) is 5.02 Å². The van der Waals surface area contributed by atoms with Gasteiger partial charge < -0.3 is 0 Å². The third-order valence-corrected chi connectivity index (χ3v) is 2.83. The number of hydrogen-bond donors (Lipinski definition) is 0. The molecule has 0 saturated heterocycles. The average Bonchev–Trinajstić information content (AvgIpc) is 2.29. The van der Waals surface area contributed by atoms with E-state index in [9.17, 15) is 9.18 Å². The highest BCUT2D eigenvalue weighted by Gasteiger charge is 2.07. The summed E-state index contributed by atoms with van der Waals surface area (Å²) in [5.74, 6) is 0. The second-order valence-corrected chi connectivity index (χ2v) is 3.61. The highest BCUT2D eigenvalue weighted by Crippen LogP contribution is 2.29. The topological polar surface area (TPSA) is 17.1 Å². The van der Waals surface area contributed by atoms with Crippen LogP contribution in [0.2, 0.25) is 5.02 Å². The maximum Gasteiger partial charge on any atom is 0.150 e. The van der Waals surface area contributed by atoms with Gasteiger partial charge in [-0.05, 0) is 5.39 Å². The van der Waals surface area contributed by atoms with E-state index in [4.69, 9.17) is 11.6 Å². The minimum atomic E-state index is -0.597. The lowest BCUT2D eigenvalue weighted by molar-refractivity contribution is 0.112. The van der Waals surface area contributed by atoms with Gasteiger partial charge in [0, 0.05) is 16.5 Å². The lowest BCUT2D eigenvalue weighted by Crippen LogP contribution is -1.87. The monoisotopic (exact) mass is 222 g/mol. The van der Waals surface area contributed by atoms with E-state index in [1.807, 2.05) is 0 Å². The van der Waals surface area contributed by atoms with Crippen molar-refractivity contribution < 1.29 is 9.18 Å². The fourth-order valence-corrected chi connectivity index (χ4v) is 1.87. The lowest BCUT2D eigenvalue weighted by Gasteiger charge is -2.05. The zero-order valence-electron chi connectivity index (χ0n) is 7.84. The minimum absolute atomic E-state index is 0.388. The summed E-state index contributed by atoms with van der Waals surface area (Å²) in [5, 5.41) is 1.87. The summed E-state index contributed by atoms with van der Waals surface area (Å²) >= 11 is 6.01. The normalized spacial score (nSPS) is 10.5. The number of rotatable bonds is 2. The van der Waals surface area contributed by atoms with E-state index in [1.54, 1.807) is 30.3 Å². The molecule has 0 bridgehead atoms. The van der Waals surface area contributed by atoms with Crippen LogP contribution in [0.3, 0.4) is 0 Å². The summed E-state index contributed by atoms with van der Waals surface area (Å²) in [5.41, 5.74) is 1.02. The molecule has 0 fully saturated rings. The Morgan fingerprint density at radius 3 is 2.67 bits per heavy atom. The highest BCUT2D eigenvalue weighted by molar-refractivity contribution is 6.36. The van der Waals surface area contributed by atoms with Crippen molar-refractivity contribution >= 4 is 28.7 Å². The Morgan fingerprint density at radius 2 is 2.00 bits per heavy atom. The Balaban J connectivity index is 2.84. The van der Waals surface area contributed by atoms with Crippen LogP contribution < -0.4 is 0 Å². The van der Waals surface area contributed by atoms with E-state index in [1.165, 1.54) is 0 Å². The fourth-order valence-electron chi connectivity index (χ4n) is 1.60. The molecule has 15 heavy (non-hydrogen) atoms. The predicted molar refractivity (Wildman–Crippen MR) is 59.2 cm³/mol. The van der Waals surface area contributed by atoms with Gasteiger partial charge in [-0.25, -0.2) is 4.39 Å². The molecule has 1 nitrogen and oxygen atoms in total. The molecule has 0 atom stereocenters. The van der Waals surface area contributed by atoms with E-state index < -0.39 is 6.67 Å². The third kappa shape index (κ3) is 1.61. The summed E-state index contributed by atoms with van der Waals surface area (Å²) in [4.78, 5) is 10.8. The molecule has 0 aromatic heterocycles. The Morgan fingerprint density at radius 1 is 1.20 bits per heavy atom. The van der Waals surface area contributed by atoms with Gasteiger partial charge in [0.25, 0.3) is 0 Å². The van der Waals surface area contributed by atoms with Gasteiger partial charge >= 0.3 is 0 Å². The summed E-state index contributed by atoms with van der Waals surface area (Å²) in [7, 11) is 0. The first kappa shape index (κ1) is 10.1. The summed E-state index contributed by atoms with van der Waals surface area (Å²) in [6.45, 7) is -0.597. The molecule has 76 valence electrons. The fraction of sp³-hybridized carbons (Fsp3) is 0.0833. The predicted octanol–water partition coefficient (Wildman–Crippen LogP) is 3.78. The molecule has 0 aliphatic carbocycles. The van der Waals surface area contributed by atoms with Crippen molar-refractivity contribution in [3.8, 4) is 0 Å². The highest BCUT2D eigenvalue weighted by atomic mass is 35.5. The number of hydrogen-bond acceptors (Lipinski definition) is 1. The lowest BCUT2D eigenvalue weighted by atomic mass is 10.0. The van der Waals surface area contributed by atoms with Crippen molar-refractivity contribution in [2.45, 2.75) is 6.67 Å². The van der Waals surface area contributed by atoms with Gasteiger partial charge in [-0.2, -0.15) is 0 Å². The zero-order chi connectivity index (χ0) is 10.8. The first-order chi connectivity index (χ1) is 7.27. The van der Waals surface area contributed by atoms with E-state index in [0.717, 1.165) is 17.1 Å². The first-order valence-corrected chi connectivity index (χ1v) is 4.87. The molecule has 0 aliphatic rings. The van der Waals surface area contributed by atoms with Crippen molar-refractivity contribution in [3.63, 3.8) is 0 Å². The minimum Gasteiger partial charge on any atom is -0.298 e. The number of aldehydes is 1. The van der Waals surface area contributed by atoms with Crippen molar-refractivity contribution in [2.75, 3.05) is 0 Å². The molecule has 3 heteroatoms. The Bertz CT molecular complexity index is 522. The van der Waals surface area contributed by atoms with Crippen LogP contribution in [-0.2, 0) is 6.67 Å². The molecule has 0 amide bonds. The average molecular weight is 223 g/mol. The maximum absolute atomic E-state index is 12.5. The van der Waals surface area contributed by atoms with Gasteiger partial charge in [-0.3, -0.25) is 4.79 Å². The van der Waals surface area contributed by atoms with Gasteiger partial charge in [0.15, 0.2) is 6.29 Å². The SMILES string of the molecule is O=Cc1cccc2c(Cl)c(CF)ccc12. The van der Waals surface area contributed by atoms with E-state index in [2.05, 4.69) is 0 Å². The second-order valence-electron chi connectivity index (χ2n) is 3.23. The van der Waals surface area contributed by atoms with Gasteiger partial charge in [-0.1, -0.05) is 41.9 Å². The molecule has 2 aromatic rings. The number of benzene rings is 2. The molecular formula is C12H8ClFO. The molecule has 0 saturated carbocycles. The number of halogens is 2. The number of carbonyl (C=O) groups excluding carboxylic acids is 1. The standard InChI is InChI=1S/C12H8ClFO/c13-12-8(6-14)4-5-10-9(7-15)2-1-3-11(10)12/h1-5,7H,6H2. The van der Waals surface area contributed by atoms with Crippen LogP contribution in [0.5, 0.6) is 0 Å².